The molecule has 0 bridgehead atoms. The number of amides is 3. The SMILES string of the molecule is O=C(CN1C(=O)S/C(=C\c2ccccc2OCc2ccc3ccccc3c2)C1=O)Nc1ccccc1Br. The Labute approximate surface area is 226 Å². The molecule has 4 aromatic carbocycles. The third-order valence-corrected chi connectivity index (χ3v) is 7.34. The van der Waals surface area contributed by atoms with Crippen molar-refractivity contribution in [1.82, 2.24) is 4.90 Å². The van der Waals surface area contributed by atoms with Crippen molar-refractivity contribution in [2.45, 2.75) is 6.61 Å². The number of hydrogen-bond acceptors (Lipinski definition) is 5. The maximum absolute atomic E-state index is 13.0. The molecule has 5 rings (SSSR count). The number of imide groups is 1. The Morgan fingerprint density at radius 1 is 0.919 bits per heavy atom. The highest BCUT2D eigenvalue weighted by atomic mass is 79.9. The molecular weight excluding hydrogens is 552 g/mol. The minimum absolute atomic E-state index is 0.237. The highest BCUT2D eigenvalue weighted by molar-refractivity contribution is 9.10. The predicted octanol–water partition coefficient (Wildman–Crippen LogP) is 6.86. The first-order chi connectivity index (χ1) is 18.0. The summed E-state index contributed by atoms with van der Waals surface area (Å²) >= 11 is 4.17. The Bertz CT molecular complexity index is 1550. The average molecular weight is 573 g/mol. The van der Waals surface area contributed by atoms with Crippen LogP contribution in [-0.2, 0) is 16.2 Å². The third-order valence-electron chi connectivity index (χ3n) is 5.74. The number of ether oxygens (including phenoxy) is 1. The fourth-order valence-corrected chi connectivity index (χ4v) is 5.11. The molecule has 4 aromatic rings. The summed E-state index contributed by atoms with van der Waals surface area (Å²) in [5.74, 6) is -0.384. The van der Waals surface area contributed by atoms with Crippen molar-refractivity contribution >= 4 is 67.3 Å². The second kappa shape index (κ2) is 11.0. The smallest absolute Gasteiger partial charge is 0.294 e. The zero-order valence-corrected chi connectivity index (χ0v) is 21.9. The van der Waals surface area contributed by atoms with Gasteiger partial charge in [0.2, 0.25) is 5.91 Å². The molecule has 0 saturated carbocycles. The van der Waals surface area contributed by atoms with Gasteiger partial charge in [0.15, 0.2) is 0 Å². The summed E-state index contributed by atoms with van der Waals surface area (Å²) < 4.78 is 6.79. The molecular formula is C29H21BrN2O4S. The van der Waals surface area contributed by atoms with Crippen LogP contribution in [0, 0.1) is 0 Å². The van der Waals surface area contributed by atoms with Crippen molar-refractivity contribution in [2.75, 3.05) is 11.9 Å². The van der Waals surface area contributed by atoms with E-state index in [-0.39, 0.29) is 11.4 Å². The first-order valence-electron chi connectivity index (χ1n) is 11.5. The number of thioether (sulfide) groups is 1. The van der Waals surface area contributed by atoms with Crippen LogP contribution in [-0.4, -0.2) is 28.5 Å². The lowest BCUT2D eigenvalue weighted by molar-refractivity contribution is -0.127. The van der Waals surface area contributed by atoms with Crippen LogP contribution < -0.4 is 10.1 Å². The molecule has 0 aliphatic carbocycles. The number of hydrogen-bond donors (Lipinski definition) is 1. The summed E-state index contributed by atoms with van der Waals surface area (Å²) in [6.07, 6.45) is 1.63. The number of rotatable bonds is 7. The number of carbonyl (C=O) groups is 3. The van der Waals surface area contributed by atoms with Gasteiger partial charge >= 0.3 is 0 Å². The molecule has 1 aliphatic rings. The Morgan fingerprint density at radius 2 is 1.65 bits per heavy atom. The molecule has 184 valence electrons. The topological polar surface area (TPSA) is 75.7 Å². The Morgan fingerprint density at radius 3 is 2.49 bits per heavy atom. The third kappa shape index (κ3) is 5.76. The fourth-order valence-electron chi connectivity index (χ4n) is 3.89. The van der Waals surface area contributed by atoms with E-state index in [0.29, 0.717) is 28.1 Å². The summed E-state index contributed by atoms with van der Waals surface area (Å²) in [7, 11) is 0. The second-order valence-corrected chi connectivity index (χ2v) is 10.2. The zero-order valence-electron chi connectivity index (χ0n) is 19.5. The molecule has 1 N–H and O–H groups in total. The van der Waals surface area contributed by atoms with Gasteiger partial charge in [0.25, 0.3) is 11.1 Å². The van der Waals surface area contributed by atoms with E-state index < -0.39 is 17.1 Å². The van der Waals surface area contributed by atoms with Gasteiger partial charge < -0.3 is 10.1 Å². The Hall–Kier alpha value is -3.88. The highest BCUT2D eigenvalue weighted by Gasteiger charge is 2.36. The van der Waals surface area contributed by atoms with E-state index in [1.54, 1.807) is 24.3 Å². The van der Waals surface area contributed by atoms with Crippen LogP contribution in [0.1, 0.15) is 11.1 Å². The van der Waals surface area contributed by atoms with Crippen LogP contribution in [0.25, 0.3) is 16.8 Å². The number of carbonyl (C=O) groups excluding carboxylic acids is 3. The lowest BCUT2D eigenvalue weighted by atomic mass is 10.1. The maximum Gasteiger partial charge on any atom is 0.294 e. The molecule has 37 heavy (non-hydrogen) atoms. The minimum Gasteiger partial charge on any atom is -0.488 e. The van der Waals surface area contributed by atoms with E-state index in [1.807, 2.05) is 48.5 Å². The van der Waals surface area contributed by atoms with Crippen LogP contribution >= 0.6 is 27.7 Å². The number of nitrogens with zero attached hydrogens (tertiary/aromatic N) is 1. The fraction of sp³-hybridized carbons (Fsp3) is 0.0690. The Balaban J connectivity index is 1.28. The molecule has 3 amide bonds. The Kier molecular flexibility index (Phi) is 7.39. The predicted molar refractivity (Wildman–Crippen MR) is 150 cm³/mol. The van der Waals surface area contributed by atoms with E-state index in [2.05, 4.69) is 45.5 Å². The standard InChI is InChI=1S/C29H21BrN2O4S/c30-23-10-4-5-11-24(23)31-27(33)17-32-28(34)26(37-29(32)35)16-22-9-3-6-12-25(22)36-18-19-13-14-20-7-1-2-8-21(20)15-19/h1-16H,17-18H2,(H,31,33)/b26-16-. The monoisotopic (exact) mass is 572 g/mol. The number of benzene rings is 4. The van der Waals surface area contributed by atoms with E-state index >= 15 is 0 Å². The van der Waals surface area contributed by atoms with Crippen LogP contribution in [0.15, 0.2) is 100 Å². The summed E-state index contributed by atoms with van der Waals surface area (Å²) in [5.41, 5.74) is 2.25. The van der Waals surface area contributed by atoms with Gasteiger partial charge in [-0.2, -0.15) is 0 Å². The van der Waals surface area contributed by atoms with Gasteiger partial charge in [-0.15, -0.1) is 0 Å². The highest BCUT2D eigenvalue weighted by Crippen LogP contribution is 2.34. The molecule has 1 aliphatic heterocycles. The quantitative estimate of drug-likeness (QED) is 0.245. The van der Waals surface area contributed by atoms with Crippen molar-refractivity contribution in [3.63, 3.8) is 0 Å². The summed E-state index contributed by atoms with van der Waals surface area (Å²) in [4.78, 5) is 39.2. The zero-order chi connectivity index (χ0) is 25.8. The molecule has 6 nitrogen and oxygen atoms in total. The molecule has 0 spiro atoms. The van der Waals surface area contributed by atoms with Gasteiger partial charge in [0.05, 0.1) is 10.6 Å². The van der Waals surface area contributed by atoms with Gasteiger partial charge in [-0.1, -0.05) is 66.7 Å². The molecule has 0 aromatic heterocycles. The van der Waals surface area contributed by atoms with Crippen molar-refractivity contribution in [3.05, 3.63) is 112 Å². The van der Waals surface area contributed by atoms with Crippen LogP contribution in [0.2, 0.25) is 0 Å². The molecule has 0 radical (unpaired) electrons. The van der Waals surface area contributed by atoms with Crippen molar-refractivity contribution in [1.29, 1.82) is 0 Å². The van der Waals surface area contributed by atoms with Gasteiger partial charge in [-0.3, -0.25) is 19.3 Å². The maximum atomic E-state index is 13.0. The lowest BCUT2D eigenvalue weighted by Gasteiger charge is -2.13. The van der Waals surface area contributed by atoms with Crippen LogP contribution in [0.4, 0.5) is 10.5 Å². The number of nitrogens with one attached hydrogen (secondary N) is 1. The van der Waals surface area contributed by atoms with E-state index in [4.69, 9.17) is 4.74 Å². The summed E-state index contributed by atoms with van der Waals surface area (Å²) in [6, 6.07) is 28.7. The number of halogens is 1. The molecule has 1 saturated heterocycles. The largest absolute Gasteiger partial charge is 0.488 e. The lowest BCUT2D eigenvalue weighted by Crippen LogP contribution is -2.36. The normalized spacial score (nSPS) is 14.4. The minimum atomic E-state index is -0.512. The molecule has 1 heterocycles. The van der Waals surface area contributed by atoms with Crippen LogP contribution in [0.3, 0.4) is 0 Å². The number of anilines is 1. The van der Waals surface area contributed by atoms with E-state index in [0.717, 1.165) is 33.0 Å². The summed E-state index contributed by atoms with van der Waals surface area (Å²) in [5, 5.41) is 4.52. The molecule has 0 unspecified atom stereocenters. The number of fused-ring (bicyclic) bond motifs is 1. The van der Waals surface area contributed by atoms with E-state index in [1.165, 1.54) is 0 Å². The summed E-state index contributed by atoms with van der Waals surface area (Å²) in [6.45, 7) is -0.0180. The number of para-hydroxylation sites is 2. The molecule has 0 atom stereocenters. The first-order valence-corrected chi connectivity index (χ1v) is 13.1. The molecule has 1 fully saturated rings. The van der Waals surface area contributed by atoms with Gasteiger partial charge in [-0.25, -0.2) is 0 Å². The van der Waals surface area contributed by atoms with Crippen molar-refractivity contribution < 1.29 is 19.1 Å². The van der Waals surface area contributed by atoms with E-state index in [9.17, 15) is 14.4 Å². The van der Waals surface area contributed by atoms with Crippen LogP contribution in [0.5, 0.6) is 5.75 Å². The van der Waals surface area contributed by atoms with Gasteiger partial charge in [0.1, 0.15) is 18.9 Å². The first kappa shape index (κ1) is 24.8. The van der Waals surface area contributed by atoms with Crippen molar-refractivity contribution in [2.24, 2.45) is 0 Å². The second-order valence-electron chi connectivity index (χ2n) is 8.30. The van der Waals surface area contributed by atoms with Gasteiger partial charge in [-0.05, 0) is 74.4 Å². The molecule has 8 heteroatoms. The average Bonchev–Trinajstić information content (AvgIpc) is 3.16. The van der Waals surface area contributed by atoms with Gasteiger partial charge in [0, 0.05) is 10.0 Å². The van der Waals surface area contributed by atoms with Crippen molar-refractivity contribution in [3.8, 4) is 5.75 Å².